The van der Waals surface area contributed by atoms with E-state index >= 15 is 0 Å². The third kappa shape index (κ3) is 3.93. The Morgan fingerprint density at radius 3 is 3.00 bits per heavy atom. The highest BCUT2D eigenvalue weighted by atomic mass is 35.5. The average molecular weight is 158 g/mol. The number of halogens is 1. The number of nitriles is 1. The Morgan fingerprint density at radius 1 is 1.90 bits per heavy atom. The van der Waals surface area contributed by atoms with Crippen molar-refractivity contribution in [1.29, 1.82) is 5.26 Å². The van der Waals surface area contributed by atoms with E-state index in [0.717, 1.165) is 0 Å². The van der Waals surface area contributed by atoms with Gasteiger partial charge in [-0.1, -0.05) is 6.08 Å². The van der Waals surface area contributed by atoms with Gasteiger partial charge in [0.25, 0.3) is 0 Å². The van der Waals surface area contributed by atoms with Crippen LogP contribution in [0, 0.1) is 11.5 Å². The number of hydrogen-bond donors (Lipinski definition) is 1. The van der Waals surface area contributed by atoms with Crippen LogP contribution in [0.4, 0.5) is 0 Å². The molecule has 0 unspecified atom stereocenters. The molecule has 10 heavy (non-hydrogen) atoms. The molecule has 0 aromatic carbocycles. The minimum atomic E-state index is 0.224. The summed E-state index contributed by atoms with van der Waals surface area (Å²) in [6.07, 6.45) is 3.36. The normalized spacial score (nSPS) is 10.2. The van der Waals surface area contributed by atoms with Gasteiger partial charge in [-0.2, -0.15) is 5.26 Å². The van der Waals surface area contributed by atoms with E-state index in [4.69, 9.17) is 16.9 Å². The first-order valence-corrected chi connectivity index (χ1v) is 3.24. The molecule has 3 nitrogen and oxygen atoms in total. The van der Waals surface area contributed by atoms with Crippen LogP contribution in [-0.4, -0.2) is 18.3 Å². The van der Waals surface area contributed by atoms with Crippen molar-refractivity contribution in [3.63, 3.8) is 0 Å². The highest BCUT2D eigenvalue weighted by Gasteiger charge is 1.90. The predicted molar refractivity (Wildman–Crippen MR) is 42.0 cm³/mol. The Morgan fingerprint density at radius 2 is 2.60 bits per heavy atom. The fourth-order valence-electron chi connectivity index (χ4n) is 0.354. The van der Waals surface area contributed by atoms with Gasteiger partial charge >= 0.3 is 0 Å². The van der Waals surface area contributed by atoms with Gasteiger partial charge in [0.05, 0.1) is 12.4 Å². The van der Waals surface area contributed by atoms with Crippen LogP contribution < -0.4 is 5.32 Å². The lowest BCUT2D eigenvalue weighted by Gasteiger charge is -1.94. The van der Waals surface area contributed by atoms with Crippen LogP contribution >= 0.6 is 11.6 Å². The SMILES string of the molecule is C=CCN=C(CCl)NC#N. The van der Waals surface area contributed by atoms with E-state index in [2.05, 4.69) is 16.9 Å². The molecule has 0 aromatic rings. The van der Waals surface area contributed by atoms with Crippen molar-refractivity contribution in [3.8, 4) is 6.19 Å². The maximum atomic E-state index is 8.14. The van der Waals surface area contributed by atoms with E-state index in [1.165, 1.54) is 0 Å². The Kier molecular flexibility index (Phi) is 5.50. The first-order chi connectivity index (χ1) is 4.85. The number of nitrogens with zero attached hydrogens (tertiary/aromatic N) is 2. The topological polar surface area (TPSA) is 48.2 Å². The molecule has 0 amide bonds. The quantitative estimate of drug-likeness (QED) is 0.165. The van der Waals surface area contributed by atoms with Crippen molar-refractivity contribution in [2.24, 2.45) is 4.99 Å². The third-order valence-corrected chi connectivity index (χ3v) is 0.991. The molecule has 0 aliphatic rings. The summed E-state index contributed by atoms with van der Waals surface area (Å²) < 4.78 is 0. The van der Waals surface area contributed by atoms with Crippen LogP contribution in [0.3, 0.4) is 0 Å². The van der Waals surface area contributed by atoms with Crippen LogP contribution in [0.1, 0.15) is 0 Å². The maximum Gasteiger partial charge on any atom is 0.182 e. The summed E-state index contributed by atoms with van der Waals surface area (Å²) in [5.41, 5.74) is 0. The molecule has 1 N–H and O–H groups in total. The monoisotopic (exact) mass is 157 g/mol. The molecule has 54 valence electrons. The van der Waals surface area contributed by atoms with Gasteiger partial charge in [0.15, 0.2) is 6.19 Å². The summed E-state index contributed by atoms with van der Waals surface area (Å²) in [5, 5.41) is 10.5. The molecule has 0 fully saturated rings. The summed E-state index contributed by atoms with van der Waals surface area (Å²) in [5.74, 6) is 0.700. The van der Waals surface area contributed by atoms with Gasteiger partial charge in [0.1, 0.15) is 5.84 Å². The molecule has 0 heterocycles. The number of nitrogens with one attached hydrogen (secondary N) is 1. The highest BCUT2D eigenvalue weighted by Crippen LogP contribution is 1.80. The maximum absolute atomic E-state index is 8.14. The van der Waals surface area contributed by atoms with Crippen LogP contribution in [0.25, 0.3) is 0 Å². The zero-order chi connectivity index (χ0) is 7.82. The Hall–Kier alpha value is -1.01. The van der Waals surface area contributed by atoms with E-state index in [0.29, 0.717) is 12.4 Å². The van der Waals surface area contributed by atoms with Crippen LogP contribution in [0.15, 0.2) is 17.6 Å². The Balaban J connectivity index is 3.80. The van der Waals surface area contributed by atoms with Crippen molar-refractivity contribution in [2.75, 3.05) is 12.4 Å². The molecular weight excluding hydrogens is 150 g/mol. The van der Waals surface area contributed by atoms with Gasteiger partial charge in [-0.3, -0.25) is 10.3 Å². The largest absolute Gasteiger partial charge is 0.280 e. The summed E-state index contributed by atoms with van der Waals surface area (Å²) in [6.45, 7) is 3.95. The summed E-state index contributed by atoms with van der Waals surface area (Å²) in [6, 6.07) is 0. The van der Waals surface area contributed by atoms with Gasteiger partial charge in [-0.25, -0.2) is 0 Å². The molecule has 0 aromatic heterocycles. The van der Waals surface area contributed by atoms with Crippen LogP contribution in [-0.2, 0) is 0 Å². The van der Waals surface area contributed by atoms with Gasteiger partial charge in [0.2, 0.25) is 0 Å². The number of rotatable bonds is 3. The molecule has 0 atom stereocenters. The van der Waals surface area contributed by atoms with Crippen molar-refractivity contribution in [3.05, 3.63) is 12.7 Å². The standard InChI is InChI=1S/C6H8ClN3/c1-2-3-9-6(4-7)10-5-8/h2H,1,3-4H2,(H,9,10). The lowest BCUT2D eigenvalue weighted by Crippen LogP contribution is -2.19. The van der Waals surface area contributed by atoms with E-state index in [1.807, 2.05) is 0 Å². The van der Waals surface area contributed by atoms with E-state index in [1.54, 1.807) is 12.3 Å². The van der Waals surface area contributed by atoms with Crippen molar-refractivity contribution >= 4 is 17.4 Å². The van der Waals surface area contributed by atoms with Gasteiger partial charge < -0.3 is 0 Å². The highest BCUT2D eigenvalue weighted by molar-refractivity contribution is 6.28. The second kappa shape index (κ2) is 6.12. The average Bonchev–Trinajstić information content (AvgIpc) is 1.98. The molecule has 0 saturated heterocycles. The second-order valence-electron chi connectivity index (χ2n) is 1.45. The lowest BCUT2D eigenvalue weighted by molar-refractivity contribution is 1.16. The molecule has 0 radical (unpaired) electrons. The van der Waals surface area contributed by atoms with Crippen molar-refractivity contribution in [2.45, 2.75) is 0 Å². The molecule has 0 aliphatic heterocycles. The summed E-state index contributed by atoms with van der Waals surface area (Å²) in [4.78, 5) is 3.88. The van der Waals surface area contributed by atoms with Crippen LogP contribution in [0.5, 0.6) is 0 Å². The fraction of sp³-hybridized carbons (Fsp3) is 0.333. The fourth-order valence-corrected chi connectivity index (χ4v) is 0.506. The third-order valence-electron chi connectivity index (χ3n) is 0.738. The zero-order valence-electron chi connectivity index (χ0n) is 5.47. The molecule has 0 rings (SSSR count). The van der Waals surface area contributed by atoms with E-state index in [-0.39, 0.29) is 5.88 Å². The smallest absolute Gasteiger partial charge is 0.182 e. The lowest BCUT2D eigenvalue weighted by atomic mass is 10.6. The number of aliphatic imine (C=N–C) groups is 1. The van der Waals surface area contributed by atoms with Crippen LogP contribution in [0.2, 0.25) is 0 Å². The molecule has 0 aliphatic carbocycles. The Bertz CT molecular complexity index is 168. The molecule has 0 bridgehead atoms. The van der Waals surface area contributed by atoms with Gasteiger partial charge in [0, 0.05) is 0 Å². The Labute approximate surface area is 65.0 Å². The first-order valence-electron chi connectivity index (χ1n) is 2.70. The van der Waals surface area contributed by atoms with Crippen molar-refractivity contribution in [1.82, 2.24) is 5.32 Å². The predicted octanol–water partition coefficient (Wildman–Crippen LogP) is 0.880. The zero-order valence-corrected chi connectivity index (χ0v) is 6.23. The number of amidine groups is 1. The summed E-state index contributed by atoms with van der Waals surface area (Å²) in [7, 11) is 0. The molecular formula is C6H8ClN3. The summed E-state index contributed by atoms with van der Waals surface area (Å²) >= 11 is 5.40. The molecule has 0 spiro atoms. The first kappa shape index (κ1) is 8.99. The number of hydrogen-bond acceptors (Lipinski definition) is 2. The van der Waals surface area contributed by atoms with E-state index in [9.17, 15) is 0 Å². The second-order valence-corrected chi connectivity index (χ2v) is 1.71. The molecule has 4 heteroatoms. The number of alkyl halides is 1. The molecule has 0 saturated carbocycles. The minimum Gasteiger partial charge on any atom is -0.280 e. The van der Waals surface area contributed by atoms with E-state index < -0.39 is 0 Å². The minimum absolute atomic E-state index is 0.224. The van der Waals surface area contributed by atoms with Gasteiger partial charge in [-0.15, -0.1) is 18.2 Å². The van der Waals surface area contributed by atoms with Crippen molar-refractivity contribution < 1.29 is 0 Å². The van der Waals surface area contributed by atoms with Gasteiger partial charge in [-0.05, 0) is 0 Å².